The van der Waals surface area contributed by atoms with Gasteiger partial charge < -0.3 is 9.73 Å². The SMILES string of the molecule is Fc1ccc(-c2ocnc2CNC2CC2)cc1Cl. The lowest BCUT2D eigenvalue weighted by atomic mass is 10.1. The maximum Gasteiger partial charge on any atom is 0.181 e. The number of nitrogens with one attached hydrogen (secondary N) is 1. The van der Waals surface area contributed by atoms with E-state index in [0.717, 1.165) is 11.3 Å². The first-order chi connectivity index (χ1) is 8.74. The Bertz CT molecular complexity index is 566. The molecule has 5 heteroatoms. The summed E-state index contributed by atoms with van der Waals surface area (Å²) in [4.78, 5) is 4.18. The summed E-state index contributed by atoms with van der Waals surface area (Å²) in [6, 6.07) is 5.13. The summed E-state index contributed by atoms with van der Waals surface area (Å²) in [5.74, 6) is 0.211. The fraction of sp³-hybridized carbons (Fsp3) is 0.308. The Kier molecular flexibility index (Phi) is 3.06. The number of aromatic nitrogens is 1. The number of rotatable bonds is 4. The predicted octanol–water partition coefficient (Wildman–Crippen LogP) is 3.39. The van der Waals surface area contributed by atoms with Crippen LogP contribution in [0.25, 0.3) is 11.3 Å². The molecule has 2 aromatic rings. The third-order valence-electron chi connectivity index (χ3n) is 2.96. The molecule has 1 aromatic heterocycles. The molecule has 0 aliphatic heterocycles. The Morgan fingerprint density at radius 3 is 3.00 bits per heavy atom. The monoisotopic (exact) mass is 266 g/mol. The molecule has 0 saturated heterocycles. The van der Waals surface area contributed by atoms with Crippen LogP contribution in [0.4, 0.5) is 4.39 Å². The molecule has 18 heavy (non-hydrogen) atoms. The van der Waals surface area contributed by atoms with Gasteiger partial charge in [0.25, 0.3) is 0 Å². The molecule has 0 radical (unpaired) electrons. The Hall–Kier alpha value is -1.39. The molecule has 0 atom stereocenters. The highest BCUT2D eigenvalue weighted by Gasteiger charge is 2.21. The minimum absolute atomic E-state index is 0.0880. The van der Waals surface area contributed by atoms with Gasteiger partial charge in [-0.3, -0.25) is 0 Å². The normalized spacial score (nSPS) is 15.0. The molecule has 1 aromatic carbocycles. The fourth-order valence-electron chi connectivity index (χ4n) is 1.80. The third kappa shape index (κ3) is 2.40. The molecule has 1 N–H and O–H groups in total. The standard InChI is InChI=1S/C13H12ClFN2O/c14-10-5-8(1-4-11(10)15)13-12(17-7-18-13)6-16-9-2-3-9/h1,4-5,7,9,16H,2-3,6H2. The van der Waals surface area contributed by atoms with Gasteiger partial charge in [0.2, 0.25) is 0 Å². The summed E-state index contributed by atoms with van der Waals surface area (Å²) in [5, 5.41) is 3.45. The first-order valence-corrected chi connectivity index (χ1v) is 6.23. The van der Waals surface area contributed by atoms with Crippen molar-refractivity contribution in [1.82, 2.24) is 10.3 Å². The lowest BCUT2D eigenvalue weighted by Gasteiger charge is -2.03. The van der Waals surface area contributed by atoms with E-state index in [4.69, 9.17) is 16.0 Å². The van der Waals surface area contributed by atoms with Crippen LogP contribution in [0.1, 0.15) is 18.5 Å². The van der Waals surface area contributed by atoms with Crippen molar-refractivity contribution in [3.63, 3.8) is 0 Å². The van der Waals surface area contributed by atoms with Crippen LogP contribution in [0.2, 0.25) is 5.02 Å². The van der Waals surface area contributed by atoms with Gasteiger partial charge >= 0.3 is 0 Å². The molecule has 0 amide bonds. The maximum absolute atomic E-state index is 13.1. The predicted molar refractivity (Wildman–Crippen MR) is 66.8 cm³/mol. The van der Waals surface area contributed by atoms with Crippen LogP contribution in [0, 0.1) is 5.82 Å². The molecule has 94 valence electrons. The third-order valence-corrected chi connectivity index (χ3v) is 3.25. The topological polar surface area (TPSA) is 38.1 Å². The minimum atomic E-state index is -0.433. The summed E-state index contributed by atoms with van der Waals surface area (Å²) < 4.78 is 18.5. The van der Waals surface area contributed by atoms with Crippen LogP contribution in [0.3, 0.4) is 0 Å². The second kappa shape index (κ2) is 4.71. The second-order valence-corrected chi connectivity index (χ2v) is 4.82. The largest absolute Gasteiger partial charge is 0.443 e. The summed E-state index contributed by atoms with van der Waals surface area (Å²) in [6.45, 7) is 0.658. The van der Waals surface area contributed by atoms with E-state index in [2.05, 4.69) is 10.3 Å². The maximum atomic E-state index is 13.1. The van der Waals surface area contributed by atoms with Crippen LogP contribution in [-0.4, -0.2) is 11.0 Å². The van der Waals surface area contributed by atoms with Crippen molar-refractivity contribution in [2.75, 3.05) is 0 Å². The van der Waals surface area contributed by atoms with Crippen molar-refractivity contribution < 1.29 is 8.81 Å². The summed E-state index contributed by atoms with van der Waals surface area (Å²) in [6.07, 6.45) is 3.83. The zero-order valence-electron chi connectivity index (χ0n) is 9.62. The van der Waals surface area contributed by atoms with Crippen molar-refractivity contribution in [2.45, 2.75) is 25.4 Å². The lowest BCUT2D eigenvalue weighted by molar-refractivity contribution is 0.569. The molecule has 1 aliphatic rings. The molecule has 3 nitrogen and oxygen atoms in total. The van der Waals surface area contributed by atoms with Gasteiger partial charge in [0, 0.05) is 18.2 Å². The summed E-state index contributed by atoms with van der Waals surface area (Å²) >= 11 is 5.77. The number of halogens is 2. The molecule has 0 spiro atoms. The molecule has 1 saturated carbocycles. The van der Waals surface area contributed by atoms with E-state index in [9.17, 15) is 4.39 Å². The quantitative estimate of drug-likeness (QED) is 0.922. The van der Waals surface area contributed by atoms with Crippen molar-refractivity contribution in [3.8, 4) is 11.3 Å². The van der Waals surface area contributed by atoms with E-state index < -0.39 is 5.82 Å². The molecular formula is C13H12ClFN2O. The van der Waals surface area contributed by atoms with Crippen LogP contribution in [0.5, 0.6) is 0 Å². The second-order valence-electron chi connectivity index (χ2n) is 4.41. The van der Waals surface area contributed by atoms with Crippen LogP contribution >= 0.6 is 11.6 Å². The molecule has 1 aliphatic carbocycles. The highest BCUT2D eigenvalue weighted by atomic mass is 35.5. The van der Waals surface area contributed by atoms with E-state index in [1.807, 2.05) is 0 Å². The van der Waals surface area contributed by atoms with E-state index in [-0.39, 0.29) is 5.02 Å². The van der Waals surface area contributed by atoms with Crippen molar-refractivity contribution in [3.05, 3.63) is 41.1 Å². The smallest absolute Gasteiger partial charge is 0.181 e. The molecule has 0 unspecified atom stereocenters. The van der Waals surface area contributed by atoms with E-state index in [1.54, 1.807) is 12.1 Å². The van der Waals surface area contributed by atoms with Crippen molar-refractivity contribution >= 4 is 11.6 Å². The highest BCUT2D eigenvalue weighted by molar-refractivity contribution is 6.31. The number of benzene rings is 1. The zero-order chi connectivity index (χ0) is 12.5. The molecular weight excluding hydrogens is 255 g/mol. The first-order valence-electron chi connectivity index (χ1n) is 5.85. The number of hydrogen-bond acceptors (Lipinski definition) is 3. The minimum Gasteiger partial charge on any atom is -0.443 e. The average Bonchev–Trinajstić information content (AvgIpc) is 3.08. The van der Waals surface area contributed by atoms with E-state index >= 15 is 0 Å². The van der Waals surface area contributed by atoms with Gasteiger partial charge in [-0.15, -0.1) is 0 Å². The lowest BCUT2D eigenvalue weighted by Crippen LogP contribution is -2.15. The summed E-state index contributed by atoms with van der Waals surface area (Å²) in [5.41, 5.74) is 1.57. The number of oxazole rings is 1. The van der Waals surface area contributed by atoms with Gasteiger partial charge in [0.15, 0.2) is 12.2 Å². The zero-order valence-corrected chi connectivity index (χ0v) is 10.4. The Labute approximate surface area is 109 Å². The average molecular weight is 267 g/mol. The summed E-state index contributed by atoms with van der Waals surface area (Å²) in [7, 11) is 0. The van der Waals surface area contributed by atoms with Crippen molar-refractivity contribution in [1.29, 1.82) is 0 Å². The molecule has 3 rings (SSSR count). The Balaban J connectivity index is 1.85. The van der Waals surface area contributed by atoms with Gasteiger partial charge in [0.1, 0.15) is 11.5 Å². The van der Waals surface area contributed by atoms with Crippen LogP contribution < -0.4 is 5.32 Å². The van der Waals surface area contributed by atoms with E-state index in [1.165, 1.54) is 25.3 Å². The van der Waals surface area contributed by atoms with Crippen LogP contribution in [0.15, 0.2) is 29.0 Å². The fourth-order valence-corrected chi connectivity index (χ4v) is 1.98. The number of hydrogen-bond donors (Lipinski definition) is 1. The van der Waals surface area contributed by atoms with Gasteiger partial charge in [-0.2, -0.15) is 0 Å². The van der Waals surface area contributed by atoms with Crippen molar-refractivity contribution in [2.24, 2.45) is 0 Å². The van der Waals surface area contributed by atoms with Crippen LogP contribution in [-0.2, 0) is 6.54 Å². The van der Waals surface area contributed by atoms with Gasteiger partial charge in [0.05, 0.1) is 5.02 Å². The molecule has 1 fully saturated rings. The molecule has 1 heterocycles. The van der Waals surface area contributed by atoms with Gasteiger partial charge in [-0.25, -0.2) is 9.37 Å². The molecule has 0 bridgehead atoms. The Morgan fingerprint density at radius 2 is 2.28 bits per heavy atom. The highest BCUT2D eigenvalue weighted by Crippen LogP contribution is 2.28. The van der Waals surface area contributed by atoms with Gasteiger partial charge in [-0.1, -0.05) is 11.6 Å². The van der Waals surface area contributed by atoms with Gasteiger partial charge in [-0.05, 0) is 31.0 Å². The first kappa shape index (κ1) is 11.7. The number of nitrogens with zero attached hydrogens (tertiary/aromatic N) is 1. The Morgan fingerprint density at radius 1 is 1.44 bits per heavy atom. The van der Waals surface area contributed by atoms with E-state index in [0.29, 0.717) is 18.3 Å².